The van der Waals surface area contributed by atoms with Crippen molar-refractivity contribution >= 4 is 5.78 Å². The lowest BCUT2D eigenvalue weighted by atomic mass is 10.1. The number of Topliss-reactive ketones (excluding diaryl/α,β-unsaturated/α-hetero) is 1. The standard InChI is InChI=1S/C15H22N2O2/c1-12-4-5-15(19-3)13(10-12)14(18)11-17-8-6-16(2)7-9-17/h4-5,10H,6-9,11H2,1-3H3. The molecule has 0 radical (unpaired) electrons. The van der Waals surface area contributed by atoms with Gasteiger partial charge in [-0.05, 0) is 26.1 Å². The van der Waals surface area contributed by atoms with Gasteiger partial charge in [-0.25, -0.2) is 0 Å². The topological polar surface area (TPSA) is 32.8 Å². The number of methoxy groups -OCH3 is 1. The third kappa shape index (κ3) is 3.55. The van der Waals surface area contributed by atoms with Gasteiger partial charge in [-0.2, -0.15) is 0 Å². The zero-order valence-corrected chi connectivity index (χ0v) is 12.0. The number of carbonyl (C=O) groups excluding carboxylic acids is 1. The molecule has 2 rings (SSSR count). The maximum Gasteiger partial charge on any atom is 0.180 e. The van der Waals surface area contributed by atoms with Gasteiger partial charge in [0.1, 0.15) is 5.75 Å². The van der Waals surface area contributed by atoms with Crippen molar-refractivity contribution in [1.29, 1.82) is 0 Å². The van der Waals surface area contributed by atoms with Crippen LogP contribution in [0.4, 0.5) is 0 Å². The molecule has 0 spiro atoms. The first-order chi connectivity index (χ1) is 9.10. The summed E-state index contributed by atoms with van der Waals surface area (Å²) < 4.78 is 5.28. The fourth-order valence-corrected chi connectivity index (χ4v) is 2.33. The lowest BCUT2D eigenvalue weighted by Gasteiger charge is -2.31. The van der Waals surface area contributed by atoms with Crippen molar-refractivity contribution in [1.82, 2.24) is 9.80 Å². The highest BCUT2D eigenvalue weighted by molar-refractivity contribution is 6.00. The van der Waals surface area contributed by atoms with Gasteiger partial charge in [0.2, 0.25) is 0 Å². The Labute approximate surface area is 115 Å². The molecule has 104 valence electrons. The fraction of sp³-hybridized carbons (Fsp3) is 0.533. The Balaban J connectivity index is 2.05. The highest BCUT2D eigenvalue weighted by Gasteiger charge is 2.19. The molecule has 0 aromatic heterocycles. The van der Waals surface area contributed by atoms with Crippen LogP contribution in [0, 0.1) is 6.92 Å². The van der Waals surface area contributed by atoms with Crippen LogP contribution in [-0.4, -0.2) is 62.5 Å². The minimum absolute atomic E-state index is 0.144. The monoisotopic (exact) mass is 262 g/mol. The van der Waals surface area contributed by atoms with Crippen LogP contribution in [0.3, 0.4) is 0 Å². The van der Waals surface area contributed by atoms with E-state index in [4.69, 9.17) is 4.74 Å². The zero-order valence-electron chi connectivity index (χ0n) is 12.0. The fourth-order valence-electron chi connectivity index (χ4n) is 2.33. The molecule has 1 heterocycles. The summed E-state index contributed by atoms with van der Waals surface area (Å²) in [5, 5.41) is 0. The largest absolute Gasteiger partial charge is 0.496 e. The van der Waals surface area contributed by atoms with Crippen molar-refractivity contribution in [3.8, 4) is 5.75 Å². The van der Waals surface area contributed by atoms with Gasteiger partial charge in [-0.3, -0.25) is 9.69 Å². The second kappa shape index (κ2) is 6.17. The highest BCUT2D eigenvalue weighted by Crippen LogP contribution is 2.20. The average molecular weight is 262 g/mol. The SMILES string of the molecule is COc1ccc(C)cc1C(=O)CN1CCN(C)CC1. The Bertz CT molecular complexity index is 451. The van der Waals surface area contributed by atoms with Gasteiger partial charge >= 0.3 is 0 Å². The number of nitrogens with zero attached hydrogens (tertiary/aromatic N) is 2. The molecule has 0 saturated carbocycles. The summed E-state index contributed by atoms with van der Waals surface area (Å²) in [6.45, 7) is 6.43. The van der Waals surface area contributed by atoms with E-state index in [2.05, 4.69) is 16.8 Å². The number of hydrogen-bond donors (Lipinski definition) is 0. The van der Waals surface area contributed by atoms with Gasteiger partial charge in [0.25, 0.3) is 0 Å². The molecule has 0 N–H and O–H groups in total. The summed E-state index contributed by atoms with van der Waals surface area (Å²) in [4.78, 5) is 16.9. The Morgan fingerprint density at radius 1 is 1.26 bits per heavy atom. The lowest BCUT2D eigenvalue weighted by molar-refractivity contribution is 0.0873. The van der Waals surface area contributed by atoms with Gasteiger partial charge < -0.3 is 9.64 Å². The third-order valence-corrected chi connectivity index (χ3v) is 3.62. The van der Waals surface area contributed by atoms with Crippen LogP contribution in [0.2, 0.25) is 0 Å². The van der Waals surface area contributed by atoms with Gasteiger partial charge in [-0.15, -0.1) is 0 Å². The number of piperazine rings is 1. The minimum atomic E-state index is 0.144. The number of benzene rings is 1. The molecule has 4 heteroatoms. The van der Waals surface area contributed by atoms with E-state index in [1.165, 1.54) is 0 Å². The van der Waals surface area contributed by atoms with Gasteiger partial charge in [0, 0.05) is 26.2 Å². The van der Waals surface area contributed by atoms with E-state index in [0.717, 1.165) is 31.7 Å². The van der Waals surface area contributed by atoms with Crippen molar-refractivity contribution in [2.75, 3.05) is 46.9 Å². The van der Waals surface area contributed by atoms with Crippen molar-refractivity contribution in [2.24, 2.45) is 0 Å². The lowest BCUT2D eigenvalue weighted by Crippen LogP contribution is -2.46. The Morgan fingerprint density at radius 2 is 1.95 bits per heavy atom. The minimum Gasteiger partial charge on any atom is -0.496 e. The normalized spacial score (nSPS) is 17.4. The summed E-state index contributed by atoms with van der Waals surface area (Å²) in [5.74, 6) is 0.815. The summed E-state index contributed by atoms with van der Waals surface area (Å²) in [5.41, 5.74) is 1.78. The van der Waals surface area contributed by atoms with E-state index in [9.17, 15) is 4.79 Å². The molecule has 4 nitrogen and oxygen atoms in total. The molecule has 19 heavy (non-hydrogen) atoms. The van der Waals surface area contributed by atoms with E-state index < -0.39 is 0 Å². The molecular weight excluding hydrogens is 240 g/mol. The van der Waals surface area contributed by atoms with Crippen molar-refractivity contribution in [2.45, 2.75) is 6.92 Å². The van der Waals surface area contributed by atoms with Crippen LogP contribution >= 0.6 is 0 Å². The molecule has 0 aliphatic carbocycles. The summed E-state index contributed by atoms with van der Waals surface area (Å²) in [7, 11) is 3.72. The number of ether oxygens (including phenoxy) is 1. The third-order valence-electron chi connectivity index (χ3n) is 3.62. The second-order valence-corrected chi connectivity index (χ2v) is 5.21. The van der Waals surface area contributed by atoms with E-state index >= 15 is 0 Å². The molecule has 1 saturated heterocycles. The van der Waals surface area contributed by atoms with Crippen molar-refractivity contribution in [3.05, 3.63) is 29.3 Å². The smallest absolute Gasteiger partial charge is 0.180 e. The van der Waals surface area contributed by atoms with Crippen LogP contribution < -0.4 is 4.74 Å². The van der Waals surface area contributed by atoms with Crippen LogP contribution in [0.5, 0.6) is 5.75 Å². The van der Waals surface area contributed by atoms with Gasteiger partial charge in [0.15, 0.2) is 5.78 Å². The quantitative estimate of drug-likeness (QED) is 0.769. The maximum absolute atomic E-state index is 12.4. The zero-order chi connectivity index (χ0) is 13.8. The summed E-state index contributed by atoms with van der Waals surface area (Å²) in [6, 6.07) is 5.75. The van der Waals surface area contributed by atoms with Crippen LogP contribution in [0.1, 0.15) is 15.9 Å². The second-order valence-electron chi connectivity index (χ2n) is 5.21. The van der Waals surface area contributed by atoms with Crippen LogP contribution in [0.25, 0.3) is 0 Å². The molecule has 1 fully saturated rings. The van der Waals surface area contributed by atoms with Crippen LogP contribution in [0.15, 0.2) is 18.2 Å². The van der Waals surface area contributed by atoms with E-state index in [-0.39, 0.29) is 5.78 Å². The Morgan fingerprint density at radius 3 is 2.58 bits per heavy atom. The number of rotatable bonds is 4. The van der Waals surface area contributed by atoms with Crippen LogP contribution in [-0.2, 0) is 0 Å². The first-order valence-corrected chi connectivity index (χ1v) is 6.69. The average Bonchev–Trinajstić information content (AvgIpc) is 2.41. The van der Waals surface area contributed by atoms with Crippen molar-refractivity contribution < 1.29 is 9.53 Å². The maximum atomic E-state index is 12.4. The predicted octanol–water partition coefficient (Wildman–Crippen LogP) is 1.43. The number of aryl methyl sites for hydroxylation is 1. The van der Waals surface area contributed by atoms with E-state index in [1.54, 1.807) is 7.11 Å². The Kier molecular flexibility index (Phi) is 4.56. The number of hydrogen-bond acceptors (Lipinski definition) is 4. The molecule has 1 aromatic carbocycles. The van der Waals surface area contributed by atoms with Gasteiger partial charge in [0.05, 0.1) is 19.2 Å². The molecule has 1 aromatic rings. The molecule has 0 bridgehead atoms. The molecule has 1 aliphatic rings. The molecule has 0 amide bonds. The van der Waals surface area contributed by atoms with Gasteiger partial charge in [-0.1, -0.05) is 11.6 Å². The number of carbonyl (C=O) groups is 1. The molecule has 1 aliphatic heterocycles. The molecular formula is C15H22N2O2. The van der Waals surface area contributed by atoms with Crippen molar-refractivity contribution in [3.63, 3.8) is 0 Å². The Hall–Kier alpha value is -1.39. The summed E-state index contributed by atoms with van der Waals surface area (Å²) in [6.07, 6.45) is 0. The molecule has 0 unspecified atom stereocenters. The number of ketones is 1. The molecule has 0 atom stereocenters. The number of likely N-dealkylation sites (N-methyl/N-ethyl adjacent to an activating group) is 1. The summed E-state index contributed by atoms with van der Waals surface area (Å²) >= 11 is 0. The first-order valence-electron chi connectivity index (χ1n) is 6.69. The predicted molar refractivity (Wildman–Crippen MR) is 76.0 cm³/mol. The van der Waals surface area contributed by atoms with E-state index in [0.29, 0.717) is 17.9 Å². The van der Waals surface area contributed by atoms with E-state index in [1.807, 2.05) is 25.1 Å². The first kappa shape index (κ1) is 14.0. The highest BCUT2D eigenvalue weighted by atomic mass is 16.5.